The summed E-state index contributed by atoms with van der Waals surface area (Å²) in [4.78, 5) is 16.5. The van der Waals surface area contributed by atoms with Crippen molar-refractivity contribution in [2.45, 2.75) is 13.1 Å². The maximum Gasteiger partial charge on any atom is 0.246 e. The molecule has 0 aliphatic rings. The van der Waals surface area contributed by atoms with Gasteiger partial charge < -0.3 is 4.90 Å². The summed E-state index contributed by atoms with van der Waals surface area (Å²) in [7, 11) is 0. The zero-order chi connectivity index (χ0) is 17.6. The molecule has 0 fully saturated rings. The van der Waals surface area contributed by atoms with Gasteiger partial charge in [-0.1, -0.05) is 12.1 Å². The van der Waals surface area contributed by atoms with Crippen molar-refractivity contribution in [1.82, 2.24) is 25.1 Å². The standard InChI is InChI=1S/C17H16FN5OS/c1-2-9-22(11-15-4-3-10-25-15)16(24)12-23-20-17(19-21-23)13-5-7-14(18)8-6-13/h2-8,10H,1,9,11-12H2. The highest BCUT2D eigenvalue weighted by Gasteiger charge is 2.16. The summed E-state index contributed by atoms with van der Waals surface area (Å²) in [5.41, 5.74) is 0.640. The number of aromatic nitrogens is 4. The molecule has 1 amide bonds. The zero-order valence-electron chi connectivity index (χ0n) is 13.4. The topological polar surface area (TPSA) is 63.9 Å². The number of thiophene rings is 1. The van der Waals surface area contributed by atoms with Crippen molar-refractivity contribution in [1.29, 1.82) is 0 Å². The first-order chi connectivity index (χ1) is 12.2. The number of rotatable bonds is 7. The van der Waals surface area contributed by atoms with Crippen LogP contribution in [0.25, 0.3) is 11.4 Å². The molecule has 0 radical (unpaired) electrons. The lowest BCUT2D eigenvalue weighted by Crippen LogP contribution is -2.34. The van der Waals surface area contributed by atoms with E-state index < -0.39 is 0 Å². The van der Waals surface area contributed by atoms with Crippen LogP contribution in [0.2, 0.25) is 0 Å². The number of halogens is 1. The molecule has 0 atom stereocenters. The Hall–Kier alpha value is -2.87. The molecule has 0 unspecified atom stereocenters. The summed E-state index contributed by atoms with van der Waals surface area (Å²) in [5.74, 6) is -0.113. The average molecular weight is 357 g/mol. The summed E-state index contributed by atoms with van der Waals surface area (Å²) in [6.45, 7) is 4.63. The molecule has 3 rings (SSSR count). The first-order valence-corrected chi connectivity index (χ1v) is 8.48. The number of carbonyl (C=O) groups is 1. The maximum atomic E-state index is 13.0. The minimum absolute atomic E-state index is 0.0204. The van der Waals surface area contributed by atoms with Crippen LogP contribution in [0.5, 0.6) is 0 Å². The fourth-order valence-electron chi connectivity index (χ4n) is 2.25. The van der Waals surface area contributed by atoms with Crippen LogP contribution in [0, 0.1) is 5.82 Å². The van der Waals surface area contributed by atoms with Gasteiger partial charge in [0.15, 0.2) is 0 Å². The van der Waals surface area contributed by atoms with Gasteiger partial charge in [0.05, 0.1) is 6.54 Å². The number of amides is 1. The SMILES string of the molecule is C=CCN(Cc1cccs1)C(=O)Cn1nnc(-c2ccc(F)cc2)n1. The molecule has 0 bridgehead atoms. The summed E-state index contributed by atoms with van der Waals surface area (Å²) in [5, 5.41) is 14.0. The second-order valence-corrected chi connectivity index (χ2v) is 6.32. The van der Waals surface area contributed by atoms with Crippen molar-refractivity contribution in [3.05, 3.63) is 65.1 Å². The van der Waals surface area contributed by atoms with Gasteiger partial charge in [-0.2, -0.15) is 4.80 Å². The van der Waals surface area contributed by atoms with Gasteiger partial charge in [0.25, 0.3) is 0 Å². The lowest BCUT2D eigenvalue weighted by atomic mass is 10.2. The lowest BCUT2D eigenvalue weighted by molar-refractivity contribution is -0.132. The fourth-order valence-corrected chi connectivity index (χ4v) is 2.97. The quantitative estimate of drug-likeness (QED) is 0.610. The number of carbonyl (C=O) groups excluding carboxylic acids is 1. The number of hydrogen-bond donors (Lipinski definition) is 0. The molecule has 1 aromatic carbocycles. The van der Waals surface area contributed by atoms with E-state index in [-0.39, 0.29) is 18.3 Å². The molecular formula is C17H16FN5OS. The van der Waals surface area contributed by atoms with Crippen LogP contribution in [-0.2, 0) is 17.9 Å². The van der Waals surface area contributed by atoms with Crippen LogP contribution in [0.1, 0.15) is 4.88 Å². The van der Waals surface area contributed by atoms with Crippen LogP contribution in [0.15, 0.2) is 54.4 Å². The fraction of sp³-hybridized carbons (Fsp3) is 0.176. The van der Waals surface area contributed by atoms with E-state index in [2.05, 4.69) is 22.0 Å². The molecule has 0 aliphatic heterocycles. The van der Waals surface area contributed by atoms with Gasteiger partial charge in [-0.3, -0.25) is 4.79 Å². The summed E-state index contributed by atoms with van der Waals surface area (Å²) in [6, 6.07) is 9.72. The Kier molecular flexibility index (Phi) is 5.30. The van der Waals surface area contributed by atoms with Crippen molar-refractivity contribution in [2.75, 3.05) is 6.54 Å². The normalized spacial score (nSPS) is 10.6. The average Bonchev–Trinajstić information content (AvgIpc) is 3.27. The second kappa shape index (κ2) is 7.80. The van der Waals surface area contributed by atoms with E-state index in [0.29, 0.717) is 24.5 Å². The first kappa shape index (κ1) is 17.0. The smallest absolute Gasteiger partial charge is 0.246 e. The zero-order valence-corrected chi connectivity index (χ0v) is 14.2. The molecule has 3 aromatic rings. The molecule has 0 saturated carbocycles. The predicted molar refractivity (Wildman–Crippen MR) is 93.1 cm³/mol. The van der Waals surface area contributed by atoms with Crippen LogP contribution in [0.4, 0.5) is 4.39 Å². The Morgan fingerprint density at radius 3 is 2.80 bits per heavy atom. The molecule has 0 saturated heterocycles. The van der Waals surface area contributed by atoms with E-state index in [1.807, 2.05) is 17.5 Å². The van der Waals surface area contributed by atoms with Gasteiger partial charge in [0.2, 0.25) is 11.7 Å². The third-order valence-corrected chi connectivity index (χ3v) is 4.32. The van der Waals surface area contributed by atoms with E-state index in [0.717, 1.165) is 4.88 Å². The van der Waals surface area contributed by atoms with Crippen molar-refractivity contribution < 1.29 is 9.18 Å². The molecular weight excluding hydrogens is 341 g/mol. The Bertz CT molecular complexity index is 844. The Morgan fingerprint density at radius 1 is 1.32 bits per heavy atom. The molecule has 0 spiro atoms. The largest absolute Gasteiger partial charge is 0.332 e. The first-order valence-electron chi connectivity index (χ1n) is 7.60. The molecule has 128 valence electrons. The summed E-state index contributed by atoms with van der Waals surface area (Å²) >= 11 is 1.59. The van der Waals surface area contributed by atoms with E-state index >= 15 is 0 Å². The Balaban J connectivity index is 1.68. The number of nitrogens with zero attached hydrogens (tertiary/aromatic N) is 5. The maximum absolute atomic E-state index is 13.0. The Labute approximate surface area is 148 Å². The summed E-state index contributed by atoms with van der Waals surface area (Å²) in [6.07, 6.45) is 1.68. The monoisotopic (exact) mass is 357 g/mol. The van der Waals surface area contributed by atoms with Crippen LogP contribution in [-0.4, -0.2) is 37.6 Å². The van der Waals surface area contributed by atoms with Crippen LogP contribution in [0.3, 0.4) is 0 Å². The molecule has 0 N–H and O–H groups in total. The number of benzene rings is 1. The highest BCUT2D eigenvalue weighted by Crippen LogP contribution is 2.14. The number of tetrazole rings is 1. The molecule has 2 aromatic heterocycles. The van der Waals surface area contributed by atoms with E-state index in [4.69, 9.17) is 0 Å². The van der Waals surface area contributed by atoms with Gasteiger partial charge in [-0.05, 0) is 40.9 Å². The van der Waals surface area contributed by atoms with Crippen molar-refractivity contribution >= 4 is 17.2 Å². The summed E-state index contributed by atoms with van der Waals surface area (Å²) < 4.78 is 13.0. The van der Waals surface area contributed by atoms with Gasteiger partial charge in [-0.25, -0.2) is 4.39 Å². The molecule has 6 nitrogen and oxygen atoms in total. The van der Waals surface area contributed by atoms with Crippen molar-refractivity contribution in [2.24, 2.45) is 0 Å². The van der Waals surface area contributed by atoms with Gasteiger partial charge >= 0.3 is 0 Å². The highest BCUT2D eigenvalue weighted by molar-refractivity contribution is 7.09. The Morgan fingerprint density at radius 2 is 2.12 bits per heavy atom. The molecule has 0 aliphatic carbocycles. The van der Waals surface area contributed by atoms with Crippen molar-refractivity contribution in [3.8, 4) is 11.4 Å². The molecule has 8 heteroatoms. The minimum Gasteiger partial charge on any atom is -0.332 e. The molecule has 2 heterocycles. The highest BCUT2D eigenvalue weighted by atomic mass is 32.1. The third-order valence-electron chi connectivity index (χ3n) is 3.46. The van der Waals surface area contributed by atoms with E-state index in [1.54, 1.807) is 34.4 Å². The van der Waals surface area contributed by atoms with E-state index in [1.165, 1.54) is 16.9 Å². The molecule has 25 heavy (non-hydrogen) atoms. The van der Waals surface area contributed by atoms with Crippen LogP contribution < -0.4 is 0 Å². The van der Waals surface area contributed by atoms with E-state index in [9.17, 15) is 9.18 Å². The van der Waals surface area contributed by atoms with Crippen molar-refractivity contribution in [3.63, 3.8) is 0 Å². The number of hydrogen-bond acceptors (Lipinski definition) is 5. The third kappa shape index (κ3) is 4.36. The second-order valence-electron chi connectivity index (χ2n) is 5.29. The predicted octanol–water partition coefficient (Wildman–Crippen LogP) is 2.76. The van der Waals surface area contributed by atoms with Gasteiger partial charge in [0.1, 0.15) is 12.4 Å². The van der Waals surface area contributed by atoms with Gasteiger partial charge in [-0.15, -0.1) is 28.1 Å². The lowest BCUT2D eigenvalue weighted by Gasteiger charge is -2.19. The van der Waals surface area contributed by atoms with Crippen LogP contribution >= 0.6 is 11.3 Å². The minimum atomic E-state index is -0.333. The van der Waals surface area contributed by atoms with Gasteiger partial charge in [0, 0.05) is 17.0 Å².